The van der Waals surface area contributed by atoms with Crippen LogP contribution >= 0.6 is 0 Å². The van der Waals surface area contributed by atoms with E-state index in [9.17, 15) is 4.79 Å². The molecule has 0 aliphatic rings. The molecule has 1 aromatic carbocycles. The molecule has 3 N–H and O–H groups in total. The van der Waals surface area contributed by atoms with E-state index in [2.05, 4.69) is 20.8 Å². The minimum Gasteiger partial charge on any atom is -0.323 e. The number of nitrogens with zero attached hydrogens (tertiary/aromatic N) is 4. The summed E-state index contributed by atoms with van der Waals surface area (Å²) < 4.78 is 1.49. The van der Waals surface area contributed by atoms with Gasteiger partial charge in [0.1, 0.15) is 6.33 Å². The van der Waals surface area contributed by atoms with E-state index in [-0.39, 0.29) is 5.91 Å². The third kappa shape index (κ3) is 3.39. The highest BCUT2D eigenvalue weighted by atomic mass is 16.2. The molecule has 1 heterocycles. The Morgan fingerprint density at radius 3 is 2.80 bits per heavy atom. The van der Waals surface area contributed by atoms with Crippen molar-refractivity contribution in [1.82, 2.24) is 20.2 Å². The zero-order chi connectivity index (χ0) is 14.5. The molecule has 1 aromatic heterocycles. The summed E-state index contributed by atoms with van der Waals surface area (Å²) in [5, 5.41) is 13.8. The SMILES string of the molecule is CC(C)C[C@@H](N)C(=O)Nc1ccccc1-n1cnnn1. The van der Waals surface area contributed by atoms with Crippen molar-refractivity contribution in [3.63, 3.8) is 0 Å². The third-order valence-corrected chi connectivity index (χ3v) is 2.82. The first-order valence-electron chi connectivity index (χ1n) is 6.46. The zero-order valence-corrected chi connectivity index (χ0v) is 11.5. The van der Waals surface area contributed by atoms with Crippen LogP contribution in [0.3, 0.4) is 0 Å². The number of hydrogen-bond donors (Lipinski definition) is 2. The molecular formula is C13H18N6O. The molecule has 1 atom stereocenters. The van der Waals surface area contributed by atoms with Gasteiger partial charge in [-0.15, -0.1) is 5.10 Å². The number of benzene rings is 1. The van der Waals surface area contributed by atoms with Gasteiger partial charge >= 0.3 is 0 Å². The number of rotatable bonds is 5. The molecular weight excluding hydrogens is 256 g/mol. The van der Waals surface area contributed by atoms with Gasteiger partial charge < -0.3 is 11.1 Å². The number of aromatic nitrogens is 4. The predicted octanol–water partition coefficient (Wildman–Crippen LogP) is 0.974. The van der Waals surface area contributed by atoms with Crippen LogP contribution < -0.4 is 11.1 Å². The Balaban J connectivity index is 2.16. The van der Waals surface area contributed by atoms with E-state index in [1.165, 1.54) is 11.0 Å². The first kappa shape index (κ1) is 14.1. The molecule has 0 bridgehead atoms. The maximum absolute atomic E-state index is 12.1. The Morgan fingerprint density at radius 1 is 1.40 bits per heavy atom. The van der Waals surface area contributed by atoms with Gasteiger partial charge in [-0.1, -0.05) is 26.0 Å². The van der Waals surface area contributed by atoms with Crippen LogP contribution in [0.25, 0.3) is 5.69 Å². The molecule has 0 spiro atoms. The number of tetrazole rings is 1. The van der Waals surface area contributed by atoms with E-state index in [1.54, 1.807) is 6.07 Å². The molecule has 0 saturated carbocycles. The van der Waals surface area contributed by atoms with Crippen LogP contribution in [-0.4, -0.2) is 32.2 Å². The highest BCUT2D eigenvalue weighted by Crippen LogP contribution is 2.18. The molecule has 2 rings (SSSR count). The van der Waals surface area contributed by atoms with Crippen molar-refractivity contribution in [3.8, 4) is 5.69 Å². The molecule has 0 aliphatic heterocycles. The standard InChI is InChI=1S/C13H18N6O/c1-9(2)7-10(14)13(20)16-11-5-3-4-6-12(11)19-8-15-17-18-19/h3-6,8-10H,7,14H2,1-2H3,(H,16,20)/t10-/m1/s1. The van der Waals surface area contributed by atoms with Gasteiger partial charge in [-0.25, -0.2) is 0 Å². The first-order valence-corrected chi connectivity index (χ1v) is 6.46. The Morgan fingerprint density at radius 2 is 2.15 bits per heavy atom. The van der Waals surface area contributed by atoms with Crippen LogP contribution in [0.2, 0.25) is 0 Å². The normalized spacial score (nSPS) is 12.4. The smallest absolute Gasteiger partial charge is 0.241 e. The summed E-state index contributed by atoms with van der Waals surface area (Å²) in [5.74, 6) is 0.157. The van der Waals surface area contributed by atoms with Crippen molar-refractivity contribution in [1.29, 1.82) is 0 Å². The summed E-state index contributed by atoms with van der Waals surface area (Å²) >= 11 is 0. The third-order valence-electron chi connectivity index (χ3n) is 2.82. The van der Waals surface area contributed by atoms with Crippen molar-refractivity contribution in [2.45, 2.75) is 26.3 Å². The van der Waals surface area contributed by atoms with Crippen molar-refractivity contribution in [2.75, 3.05) is 5.32 Å². The average Bonchev–Trinajstić information content (AvgIpc) is 2.92. The lowest BCUT2D eigenvalue weighted by molar-refractivity contribution is -0.117. The molecule has 0 radical (unpaired) electrons. The average molecular weight is 274 g/mol. The number of carbonyl (C=O) groups excluding carboxylic acids is 1. The zero-order valence-electron chi connectivity index (χ0n) is 11.5. The lowest BCUT2D eigenvalue weighted by Crippen LogP contribution is -2.36. The topological polar surface area (TPSA) is 98.7 Å². The van der Waals surface area contributed by atoms with Gasteiger partial charge in [0, 0.05) is 0 Å². The quantitative estimate of drug-likeness (QED) is 0.846. The predicted molar refractivity (Wildman–Crippen MR) is 75.2 cm³/mol. The van der Waals surface area contributed by atoms with Crippen LogP contribution in [0.5, 0.6) is 0 Å². The number of amides is 1. The summed E-state index contributed by atoms with van der Waals surface area (Å²) in [7, 11) is 0. The molecule has 0 unspecified atom stereocenters. The minimum absolute atomic E-state index is 0.209. The number of carbonyl (C=O) groups is 1. The molecule has 0 saturated heterocycles. The van der Waals surface area contributed by atoms with Gasteiger partial charge in [-0.2, -0.15) is 4.68 Å². The Labute approximate surface area is 117 Å². The van der Waals surface area contributed by atoms with Gasteiger partial charge in [0.25, 0.3) is 0 Å². The monoisotopic (exact) mass is 274 g/mol. The fourth-order valence-corrected chi connectivity index (χ4v) is 1.89. The van der Waals surface area contributed by atoms with Gasteiger partial charge in [0.05, 0.1) is 17.4 Å². The Bertz CT molecular complexity index is 566. The number of hydrogen-bond acceptors (Lipinski definition) is 5. The Kier molecular flexibility index (Phi) is 4.41. The van der Waals surface area contributed by atoms with Crippen LogP contribution in [-0.2, 0) is 4.79 Å². The van der Waals surface area contributed by atoms with E-state index >= 15 is 0 Å². The van der Waals surface area contributed by atoms with Crippen molar-refractivity contribution in [2.24, 2.45) is 11.7 Å². The molecule has 7 nitrogen and oxygen atoms in total. The van der Waals surface area contributed by atoms with Gasteiger partial charge in [-0.3, -0.25) is 4.79 Å². The second kappa shape index (κ2) is 6.25. The van der Waals surface area contributed by atoms with Crippen LogP contribution in [0.1, 0.15) is 20.3 Å². The summed E-state index contributed by atoms with van der Waals surface area (Å²) in [6.07, 6.45) is 2.11. The molecule has 1 amide bonds. The fourth-order valence-electron chi connectivity index (χ4n) is 1.89. The van der Waals surface area contributed by atoms with Gasteiger partial charge in [0.15, 0.2) is 0 Å². The summed E-state index contributed by atoms with van der Waals surface area (Å²) in [5.41, 5.74) is 7.20. The largest absolute Gasteiger partial charge is 0.323 e. The highest BCUT2D eigenvalue weighted by Gasteiger charge is 2.16. The lowest BCUT2D eigenvalue weighted by Gasteiger charge is -2.15. The maximum Gasteiger partial charge on any atom is 0.241 e. The summed E-state index contributed by atoms with van der Waals surface area (Å²) in [6, 6.07) is 6.76. The summed E-state index contributed by atoms with van der Waals surface area (Å²) in [6.45, 7) is 4.06. The van der Waals surface area contributed by atoms with Gasteiger partial charge in [-0.05, 0) is 34.9 Å². The van der Waals surface area contributed by atoms with Gasteiger partial charge in [0.2, 0.25) is 5.91 Å². The van der Waals surface area contributed by atoms with Crippen molar-refractivity contribution >= 4 is 11.6 Å². The van der Waals surface area contributed by atoms with Crippen LogP contribution in [0.4, 0.5) is 5.69 Å². The number of nitrogens with one attached hydrogen (secondary N) is 1. The maximum atomic E-state index is 12.1. The summed E-state index contributed by atoms with van der Waals surface area (Å²) in [4.78, 5) is 12.1. The van der Waals surface area contributed by atoms with Crippen molar-refractivity contribution in [3.05, 3.63) is 30.6 Å². The molecule has 0 fully saturated rings. The second-order valence-electron chi connectivity index (χ2n) is 5.00. The first-order chi connectivity index (χ1) is 9.58. The van der Waals surface area contributed by atoms with Crippen LogP contribution in [0, 0.1) is 5.92 Å². The van der Waals surface area contributed by atoms with Crippen LogP contribution in [0.15, 0.2) is 30.6 Å². The van der Waals surface area contributed by atoms with E-state index in [1.807, 2.05) is 32.0 Å². The van der Waals surface area contributed by atoms with E-state index in [0.29, 0.717) is 23.7 Å². The van der Waals surface area contributed by atoms with E-state index < -0.39 is 6.04 Å². The molecule has 7 heteroatoms. The number of anilines is 1. The number of para-hydroxylation sites is 2. The molecule has 20 heavy (non-hydrogen) atoms. The highest BCUT2D eigenvalue weighted by molar-refractivity contribution is 5.96. The van der Waals surface area contributed by atoms with E-state index in [0.717, 1.165) is 0 Å². The molecule has 2 aromatic rings. The molecule has 0 aliphatic carbocycles. The van der Waals surface area contributed by atoms with Crippen molar-refractivity contribution < 1.29 is 4.79 Å². The number of nitrogens with two attached hydrogens (primary N) is 1. The lowest BCUT2D eigenvalue weighted by atomic mass is 10.0. The Hall–Kier alpha value is -2.28. The van der Waals surface area contributed by atoms with E-state index in [4.69, 9.17) is 5.73 Å². The minimum atomic E-state index is -0.531. The second-order valence-corrected chi connectivity index (χ2v) is 5.00. The fraction of sp³-hybridized carbons (Fsp3) is 0.385. The molecule has 106 valence electrons.